The summed E-state index contributed by atoms with van der Waals surface area (Å²) >= 11 is 3.38. The van der Waals surface area contributed by atoms with Gasteiger partial charge in [-0.05, 0) is 47.0 Å². The van der Waals surface area contributed by atoms with Gasteiger partial charge >= 0.3 is 0 Å². The van der Waals surface area contributed by atoms with E-state index >= 15 is 0 Å². The number of nitrogens with zero attached hydrogens (tertiary/aromatic N) is 3. The quantitative estimate of drug-likeness (QED) is 0.867. The number of pyridine rings is 1. The van der Waals surface area contributed by atoms with E-state index in [4.69, 9.17) is 0 Å². The highest BCUT2D eigenvalue weighted by Crippen LogP contribution is 2.22. The molecule has 0 saturated carbocycles. The summed E-state index contributed by atoms with van der Waals surface area (Å²) in [6, 6.07) is 3.96. The summed E-state index contributed by atoms with van der Waals surface area (Å²) < 4.78 is 2.02. The van der Waals surface area contributed by atoms with Crippen molar-refractivity contribution in [1.29, 1.82) is 0 Å². The minimum atomic E-state index is -0.102. The third-order valence-electron chi connectivity index (χ3n) is 3.29. The van der Waals surface area contributed by atoms with Gasteiger partial charge < -0.3 is 5.32 Å². The van der Waals surface area contributed by atoms with Gasteiger partial charge in [-0.25, -0.2) is 4.68 Å². The summed E-state index contributed by atoms with van der Waals surface area (Å²) in [5, 5.41) is 7.52. The van der Waals surface area contributed by atoms with Crippen molar-refractivity contribution in [2.75, 3.05) is 5.32 Å². The summed E-state index contributed by atoms with van der Waals surface area (Å²) in [5.74, 6) is 0. The summed E-state index contributed by atoms with van der Waals surface area (Å²) in [7, 11) is 0. The molecule has 21 heavy (non-hydrogen) atoms. The molecule has 0 fully saturated rings. The molecule has 0 aliphatic heterocycles. The van der Waals surface area contributed by atoms with Gasteiger partial charge in [0.2, 0.25) is 0 Å². The second kappa shape index (κ2) is 7.36. The van der Waals surface area contributed by atoms with Crippen LogP contribution in [0.2, 0.25) is 0 Å². The number of rotatable bonds is 6. The second-order valence-corrected chi connectivity index (χ2v) is 5.69. The van der Waals surface area contributed by atoms with Gasteiger partial charge in [-0.2, -0.15) is 5.10 Å². The first-order valence-corrected chi connectivity index (χ1v) is 7.85. The van der Waals surface area contributed by atoms with Gasteiger partial charge in [-0.1, -0.05) is 13.3 Å². The number of aromatic nitrogens is 3. The lowest BCUT2D eigenvalue weighted by Gasteiger charge is -2.16. The van der Waals surface area contributed by atoms with Crippen LogP contribution in [0.1, 0.15) is 38.3 Å². The molecule has 0 aliphatic carbocycles. The fraction of sp³-hybridized carbons (Fsp3) is 0.400. The zero-order chi connectivity index (χ0) is 15.2. The predicted molar refractivity (Wildman–Crippen MR) is 87.4 cm³/mol. The highest BCUT2D eigenvalue weighted by molar-refractivity contribution is 9.10. The van der Waals surface area contributed by atoms with Crippen molar-refractivity contribution in [3.8, 4) is 0 Å². The van der Waals surface area contributed by atoms with Crippen LogP contribution in [0.15, 0.2) is 40.0 Å². The van der Waals surface area contributed by atoms with Gasteiger partial charge in [-0.3, -0.25) is 9.78 Å². The fourth-order valence-electron chi connectivity index (χ4n) is 2.00. The highest BCUT2D eigenvalue weighted by Gasteiger charge is 2.12. The fourth-order valence-corrected chi connectivity index (χ4v) is 2.42. The van der Waals surface area contributed by atoms with E-state index < -0.39 is 0 Å². The smallest absolute Gasteiger partial charge is 0.283 e. The summed E-state index contributed by atoms with van der Waals surface area (Å²) in [5.41, 5.74) is 1.71. The predicted octanol–water partition coefficient (Wildman–Crippen LogP) is 3.37. The van der Waals surface area contributed by atoms with Crippen LogP contribution in [-0.2, 0) is 6.54 Å². The molecule has 2 heterocycles. The average molecular weight is 351 g/mol. The van der Waals surface area contributed by atoms with Gasteiger partial charge in [0.1, 0.15) is 4.47 Å². The lowest BCUT2D eigenvalue weighted by atomic mass is 10.1. The highest BCUT2D eigenvalue weighted by atomic mass is 79.9. The molecule has 0 spiro atoms. The zero-order valence-electron chi connectivity index (χ0n) is 12.2. The average Bonchev–Trinajstić information content (AvgIpc) is 2.52. The van der Waals surface area contributed by atoms with E-state index in [1.54, 1.807) is 18.6 Å². The van der Waals surface area contributed by atoms with Crippen LogP contribution >= 0.6 is 15.9 Å². The third kappa shape index (κ3) is 3.91. The SMILES string of the molecule is CCCCn1ncc(NC(C)c2ccncc2)c(Br)c1=O. The van der Waals surface area contributed by atoms with Crippen LogP contribution in [0.3, 0.4) is 0 Å². The van der Waals surface area contributed by atoms with Crippen molar-refractivity contribution < 1.29 is 0 Å². The van der Waals surface area contributed by atoms with Crippen LogP contribution in [0.25, 0.3) is 0 Å². The molecule has 1 N–H and O–H groups in total. The van der Waals surface area contributed by atoms with Gasteiger partial charge in [0.25, 0.3) is 5.56 Å². The Balaban J connectivity index is 2.18. The molecule has 112 valence electrons. The van der Waals surface area contributed by atoms with Crippen LogP contribution in [0, 0.1) is 0 Å². The van der Waals surface area contributed by atoms with Crippen LogP contribution in [0.4, 0.5) is 5.69 Å². The maximum atomic E-state index is 12.2. The normalized spacial score (nSPS) is 12.1. The van der Waals surface area contributed by atoms with Crippen molar-refractivity contribution in [3.05, 3.63) is 51.1 Å². The minimum Gasteiger partial charge on any atom is -0.376 e. The molecule has 0 aromatic carbocycles. The molecular formula is C15H19BrN4O. The molecule has 2 aromatic heterocycles. The first-order chi connectivity index (χ1) is 10.1. The molecule has 0 amide bonds. The van der Waals surface area contributed by atoms with Crippen LogP contribution in [-0.4, -0.2) is 14.8 Å². The molecule has 2 rings (SSSR count). The number of hydrogen-bond acceptors (Lipinski definition) is 4. The molecule has 6 heteroatoms. The first-order valence-electron chi connectivity index (χ1n) is 7.05. The summed E-state index contributed by atoms with van der Waals surface area (Å²) in [6.45, 7) is 4.77. The number of anilines is 1. The van der Waals surface area contributed by atoms with E-state index in [1.807, 2.05) is 19.1 Å². The maximum absolute atomic E-state index is 12.2. The lowest BCUT2D eigenvalue weighted by Crippen LogP contribution is -2.25. The van der Waals surface area contributed by atoms with Crippen molar-refractivity contribution >= 4 is 21.6 Å². The van der Waals surface area contributed by atoms with Gasteiger partial charge in [0.05, 0.1) is 11.9 Å². The van der Waals surface area contributed by atoms with E-state index in [2.05, 4.69) is 38.3 Å². The molecule has 0 bridgehead atoms. The van der Waals surface area contributed by atoms with Crippen LogP contribution in [0.5, 0.6) is 0 Å². The van der Waals surface area contributed by atoms with Crippen molar-refractivity contribution in [1.82, 2.24) is 14.8 Å². The number of hydrogen-bond donors (Lipinski definition) is 1. The molecule has 0 radical (unpaired) electrons. The Morgan fingerprint density at radius 3 is 2.76 bits per heavy atom. The Labute approximate surface area is 132 Å². The Bertz CT molecular complexity index is 642. The molecule has 2 aromatic rings. The number of unbranched alkanes of at least 4 members (excludes halogenated alkanes) is 1. The first kappa shape index (κ1) is 15.7. The van der Waals surface area contributed by atoms with E-state index in [-0.39, 0.29) is 11.6 Å². The molecular weight excluding hydrogens is 332 g/mol. The van der Waals surface area contributed by atoms with Crippen molar-refractivity contribution in [3.63, 3.8) is 0 Å². The van der Waals surface area contributed by atoms with Crippen LogP contribution < -0.4 is 10.9 Å². The largest absolute Gasteiger partial charge is 0.376 e. The molecule has 5 nitrogen and oxygen atoms in total. The van der Waals surface area contributed by atoms with Gasteiger partial charge in [0.15, 0.2) is 0 Å². The molecule has 1 atom stereocenters. The molecule has 0 aliphatic rings. The third-order valence-corrected chi connectivity index (χ3v) is 4.05. The van der Waals surface area contributed by atoms with E-state index in [1.165, 1.54) is 4.68 Å². The van der Waals surface area contributed by atoms with E-state index in [0.29, 0.717) is 16.7 Å². The zero-order valence-corrected chi connectivity index (χ0v) is 13.8. The standard InChI is InChI=1S/C15H19BrN4O/c1-3-4-9-20-15(21)14(16)13(10-18-20)19-11(2)12-5-7-17-8-6-12/h5-8,10-11,19H,3-4,9H2,1-2H3. The maximum Gasteiger partial charge on any atom is 0.283 e. The Kier molecular flexibility index (Phi) is 5.50. The summed E-state index contributed by atoms with van der Waals surface area (Å²) in [4.78, 5) is 16.2. The van der Waals surface area contributed by atoms with Crippen molar-refractivity contribution in [2.45, 2.75) is 39.3 Å². The van der Waals surface area contributed by atoms with Gasteiger partial charge in [-0.15, -0.1) is 0 Å². The summed E-state index contributed by atoms with van der Waals surface area (Å²) in [6.07, 6.45) is 7.18. The monoisotopic (exact) mass is 350 g/mol. The van der Waals surface area contributed by atoms with Gasteiger partial charge in [0, 0.05) is 25.0 Å². The Morgan fingerprint density at radius 1 is 1.38 bits per heavy atom. The second-order valence-electron chi connectivity index (χ2n) is 4.90. The van der Waals surface area contributed by atoms with E-state index in [0.717, 1.165) is 18.4 Å². The number of nitrogens with one attached hydrogen (secondary N) is 1. The van der Waals surface area contributed by atoms with E-state index in [9.17, 15) is 4.79 Å². The molecule has 0 saturated heterocycles. The number of halogens is 1. The molecule has 1 unspecified atom stereocenters. The minimum absolute atomic E-state index is 0.0667. The Morgan fingerprint density at radius 2 is 2.10 bits per heavy atom. The van der Waals surface area contributed by atoms with Crippen molar-refractivity contribution in [2.24, 2.45) is 0 Å². The number of aryl methyl sites for hydroxylation is 1. The topological polar surface area (TPSA) is 59.8 Å². The lowest BCUT2D eigenvalue weighted by molar-refractivity contribution is 0.541. The Hall–Kier alpha value is -1.69.